The average Bonchev–Trinajstić information content (AvgIpc) is 3.73. The SMILES string of the molecule is Nc1ccc(-c2cc(-c3cccc4ccccc34)c3c(c2-c2cccc4ccccc24)-c2cccc4cccc-3c24)c2c1sc1ccccc12. The van der Waals surface area contributed by atoms with Gasteiger partial charge in [-0.15, -0.1) is 11.3 Å². The Kier molecular flexibility index (Phi) is 5.76. The molecule has 2 heteroatoms. The van der Waals surface area contributed by atoms with E-state index < -0.39 is 0 Å². The minimum absolute atomic E-state index is 0.823. The lowest BCUT2D eigenvalue weighted by Gasteiger charge is -2.23. The summed E-state index contributed by atoms with van der Waals surface area (Å²) in [5, 5.41) is 10.1. The molecule has 9 aromatic carbocycles. The highest BCUT2D eigenvalue weighted by Gasteiger charge is 2.31. The van der Waals surface area contributed by atoms with E-state index in [4.69, 9.17) is 5.73 Å². The van der Waals surface area contributed by atoms with Crippen LogP contribution in [0.25, 0.3) is 108 Å². The summed E-state index contributed by atoms with van der Waals surface area (Å²) in [6.45, 7) is 0. The molecule has 0 aliphatic heterocycles. The van der Waals surface area contributed by atoms with Crippen molar-refractivity contribution in [2.75, 3.05) is 5.73 Å². The monoisotopic (exact) mass is 651 g/mol. The average molecular weight is 652 g/mol. The molecule has 0 unspecified atom stereocenters. The van der Waals surface area contributed by atoms with Crippen LogP contribution in [0.2, 0.25) is 0 Å². The van der Waals surface area contributed by atoms with E-state index >= 15 is 0 Å². The summed E-state index contributed by atoms with van der Waals surface area (Å²) in [4.78, 5) is 0. The summed E-state index contributed by atoms with van der Waals surface area (Å²) in [5.41, 5.74) is 20.3. The third kappa shape index (κ3) is 3.77. The van der Waals surface area contributed by atoms with E-state index in [9.17, 15) is 0 Å². The van der Waals surface area contributed by atoms with E-state index in [1.807, 2.05) is 0 Å². The number of fused-ring (bicyclic) bond motifs is 8. The van der Waals surface area contributed by atoms with E-state index in [-0.39, 0.29) is 0 Å². The van der Waals surface area contributed by atoms with Gasteiger partial charge in [-0.1, -0.05) is 146 Å². The number of nitrogens with two attached hydrogens (primary N) is 1. The van der Waals surface area contributed by atoms with Crippen LogP contribution in [0.3, 0.4) is 0 Å². The van der Waals surface area contributed by atoms with Crippen molar-refractivity contribution in [1.29, 1.82) is 0 Å². The van der Waals surface area contributed by atoms with Crippen LogP contribution in [0.15, 0.2) is 164 Å². The lowest BCUT2D eigenvalue weighted by molar-refractivity contribution is 1.61. The smallest absolute Gasteiger partial charge is 0.0591 e. The van der Waals surface area contributed by atoms with Gasteiger partial charge < -0.3 is 5.73 Å². The second-order valence-corrected chi connectivity index (χ2v) is 14.4. The van der Waals surface area contributed by atoms with Crippen molar-refractivity contribution >= 4 is 69.5 Å². The van der Waals surface area contributed by atoms with Gasteiger partial charge in [0.2, 0.25) is 0 Å². The Morgan fingerprint density at radius 1 is 0.340 bits per heavy atom. The zero-order valence-corrected chi connectivity index (χ0v) is 27.9. The fraction of sp³-hybridized carbons (Fsp3) is 0. The highest BCUT2D eigenvalue weighted by atomic mass is 32.1. The maximum atomic E-state index is 6.78. The predicted molar refractivity (Wildman–Crippen MR) is 217 cm³/mol. The third-order valence-electron chi connectivity index (χ3n) is 10.8. The van der Waals surface area contributed by atoms with Crippen LogP contribution < -0.4 is 5.73 Å². The number of nitrogen functional groups attached to an aromatic ring is 1. The number of benzene rings is 9. The maximum Gasteiger partial charge on any atom is 0.0591 e. The summed E-state index contributed by atoms with van der Waals surface area (Å²) in [6.07, 6.45) is 0. The van der Waals surface area contributed by atoms with Gasteiger partial charge in [-0.25, -0.2) is 0 Å². The number of hydrogen-bond donors (Lipinski definition) is 1. The van der Waals surface area contributed by atoms with Gasteiger partial charge in [-0.05, 0) is 106 Å². The predicted octanol–water partition coefficient (Wildman–Crippen LogP) is 13.7. The molecule has 1 aromatic heterocycles. The van der Waals surface area contributed by atoms with Gasteiger partial charge in [0.15, 0.2) is 0 Å². The molecule has 0 saturated carbocycles. The number of rotatable bonds is 3. The maximum absolute atomic E-state index is 6.78. The fourth-order valence-corrected chi connectivity index (χ4v) is 9.83. The van der Waals surface area contributed by atoms with Gasteiger partial charge >= 0.3 is 0 Å². The van der Waals surface area contributed by atoms with Gasteiger partial charge in [0, 0.05) is 21.2 Å². The largest absolute Gasteiger partial charge is 0.398 e. The van der Waals surface area contributed by atoms with Crippen molar-refractivity contribution < 1.29 is 0 Å². The molecular formula is C48H29NS. The molecule has 11 rings (SSSR count). The van der Waals surface area contributed by atoms with Crippen LogP contribution >= 0.6 is 11.3 Å². The molecular weight excluding hydrogens is 623 g/mol. The van der Waals surface area contributed by atoms with E-state index in [0.717, 1.165) is 10.4 Å². The molecule has 0 amide bonds. The molecule has 0 bridgehead atoms. The molecule has 232 valence electrons. The minimum atomic E-state index is 0.823. The van der Waals surface area contributed by atoms with Gasteiger partial charge in [0.25, 0.3) is 0 Å². The number of hydrogen-bond acceptors (Lipinski definition) is 2. The molecule has 0 fully saturated rings. The lowest BCUT2D eigenvalue weighted by atomic mass is 9.80. The first-order chi connectivity index (χ1) is 24.7. The first-order valence-corrected chi connectivity index (χ1v) is 18.0. The third-order valence-corrected chi connectivity index (χ3v) is 12.0. The summed E-state index contributed by atoms with van der Waals surface area (Å²) < 4.78 is 2.39. The van der Waals surface area contributed by atoms with Crippen LogP contribution in [0.1, 0.15) is 0 Å². The van der Waals surface area contributed by atoms with Crippen molar-refractivity contribution in [2.45, 2.75) is 0 Å². The second-order valence-electron chi connectivity index (χ2n) is 13.4. The van der Waals surface area contributed by atoms with Crippen LogP contribution in [-0.2, 0) is 0 Å². The van der Waals surface area contributed by atoms with Gasteiger partial charge in [0.05, 0.1) is 4.70 Å². The van der Waals surface area contributed by atoms with E-state index in [0.29, 0.717) is 0 Å². The van der Waals surface area contributed by atoms with Crippen LogP contribution in [0.5, 0.6) is 0 Å². The fourth-order valence-electron chi connectivity index (χ4n) is 8.67. The topological polar surface area (TPSA) is 26.0 Å². The Morgan fingerprint density at radius 3 is 1.60 bits per heavy atom. The summed E-state index contributed by atoms with van der Waals surface area (Å²) in [7, 11) is 0. The molecule has 0 atom stereocenters. The Balaban J connectivity index is 1.41. The van der Waals surface area contributed by atoms with Crippen molar-refractivity contribution in [1.82, 2.24) is 0 Å². The zero-order valence-electron chi connectivity index (χ0n) is 27.1. The Morgan fingerprint density at radius 2 is 0.860 bits per heavy atom. The van der Waals surface area contributed by atoms with Crippen molar-refractivity contribution in [3.63, 3.8) is 0 Å². The number of thiophene rings is 1. The normalized spacial score (nSPS) is 12.1. The molecule has 0 saturated heterocycles. The Hall–Kier alpha value is -6.22. The zero-order chi connectivity index (χ0) is 32.9. The molecule has 1 aliphatic rings. The lowest BCUT2D eigenvalue weighted by Crippen LogP contribution is -1.96. The number of anilines is 1. The van der Waals surface area contributed by atoms with Gasteiger partial charge in [-0.2, -0.15) is 0 Å². The molecule has 50 heavy (non-hydrogen) atoms. The molecule has 0 radical (unpaired) electrons. The van der Waals surface area contributed by atoms with Crippen molar-refractivity contribution in [3.05, 3.63) is 164 Å². The van der Waals surface area contributed by atoms with E-state index in [1.54, 1.807) is 11.3 Å². The molecule has 1 heterocycles. The Labute approximate surface area is 293 Å². The minimum Gasteiger partial charge on any atom is -0.398 e. The standard InChI is InChI=1S/C48H29NS/c49-41-26-25-35(46-36-19-5-6-24-42(36)50-48(41)46)40-27-39(33-20-7-13-28-11-1-3-17-31(28)33)45-37-22-9-15-30-16-10-23-38(43(30)37)47(45)44(40)34-21-8-14-29-12-2-4-18-32(29)34/h1-27H,49H2. The van der Waals surface area contributed by atoms with Crippen LogP contribution in [0, 0.1) is 0 Å². The highest BCUT2D eigenvalue weighted by Crippen LogP contribution is 2.59. The van der Waals surface area contributed by atoms with Crippen molar-refractivity contribution in [3.8, 4) is 55.6 Å². The molecule has 1 aliphatic carbocycles. The Bertz CT molecular complexity index is 3040. The summed E-state index contributed by atoms with van der Waals surface area (Å²) >= 11 is 1.79. The first-order valence-electron chi connectivity index (χ1n) is 17.1. The first kappa shape index (κ1) is 27.7. The second kappa shape index (κ2) is 10.4. The quantitative estimate of drug-likeness (QED) is 0.189. The van der Waals surface area contributed by atoms with Crippen LogP contribution in [-0.4, -0.2) is 0 Å². The highest BCUT2D eigenvalue weighted by molar-refractivity contribution is 7.26. The summed E-state index contributed by atoms with van der Waals surface area (Å²) in [6, 6.07) is 60.3. The molecule has 0 spiro atoms. The van der Waals surface area contributed by atoms with E-state index in [1.165, 1.54) is 103 Å². The molecule has 10 aromatic rings. The molecule has 1 nitrogen and oxygen atoms in total. The van der Waals surface area contributed by atoms with Gasteiger partial charge in [-0.3, -0.25) is 0 Å². The van der Waals surface area contributed by atoms with Crippen molar-refractivity contribution in [2.24, 2.45) is 0 Å². The van der Waals surface area contributed by atoms with E-state index in [2.05, 4.69) is 164 Å². The summed E-state index contributed by atoms with van der Waals surface area (Å²) in [5.74, 6) is 0. The van der Waals surface area contributed by atoms with Crippen LogP contribution in [0.4, 0.5) is 5.69 Å². The van der Waals surface area contributed by atoms with Gasteiger partial charge in [0.1, 0.15) is 0 Å². The molecule has 2 N–H and O–H groups in total.